The summed E-state index contributed by atoms with van der Waals surface area (Å²) < 4.78 is 12.6. The molecule has 0 atom stereocenters. The van der Waals surface area contributed by atoms with Crippen LogP contribution in [0.4, 0.5) is 5.95 Å². The fourth-order valence-electron chi connectivity index (χ4n) is 3.31. The number of aromatic nitrogens is 6. The van der Waals surface area contributed by atoms with E-state index in [0.29, 0.717) is 24.9 Å². The van der Waals surface area contributed by atoms with Crippen molar-refractivity contribution in [3.05, 3.63) is 60.4 Å². The van der Waals surface area contributed by atoms with Crippen LogP contribution in [0.25, 0.3) is 22.6 Å². The average Bonchev–Trinajstić information content (AvgIpc) is 3.37. The second-order valence-corrected chi connectivity index (χ2v) is 7.86. The molecule has 2 N–H and O–H groups in total. The summed E-state index contributed by atoms with van der Waals surface area (Å²) in [5.41, 5.74) is 8.91. The van der Waals surface area contributed by atoms with Gasteiger partial charge in [-0.3, -0.25) is 4.68 Å². The number of hydrogen-bond acceptors (Lipinski definition) is 8. The summed E-state index contributed by atoms with van der Waals surface area (Å²) in [4.78, 5) is 12.7. The Balaban J connectivity index is 1.38. The maximum Gasteiger partial charge on any atom is 0.261 e. The molecule has 30 heavy (non-hydrogen) atoms. The molecular weight excluding hydrogens is 382 g/mol. The fraction of sp³-hybridized carbons (Fsp3) is 0.286. The Morgan fingerprint density at radius 1 is 1.00 bits per heavy atom. The van der Waals surface area contributed by atoms with Gasteiger partial charge in [0.25, 0.3) is 5.89 Å². The summed E-state index contributed by atoms with van der Waals surface area (Å²) in [5.74, 6) is 1.33. The van der Waals surface area contributed by atoms with Crippen molar-refractivity contribution in [2.45, 2.75) is 25.3 Å². The average molecular weight is 403 g/mol. The predicted octanol–water partition coefficient (Wildman–Crippen LogP) is 2.87. The van der Waals surface area contributed by atoms with Gasteiger partial charge in [0.1, 0.15) is 0 Å². The van der Waals surface area contributed by atoms with Gasteiger partial charge >= 0.3 is 0 Å². The van der Waals surface area contributed by atoms with Gasteiger partial charge in [-0.15, -0.1) is 0 Å². The van der Waals surface area contributed by atoms with E-state index < -0.39 is 5.41 Å². The first-order valence-corrected chi connectivity index (χ1v) is 9.65. The van der Waals surface area contributed by atoms with Crippen molar-refractivity contribution in [3.63, 3.8) is 0 Å². The van der Waals surface area contributed by atoms with Gasteiger partial charge in [-0.1, -0.05) is 29.4 Å². The van der Waals surface area contributed by atoms with E-state index in [4.69, 9.17) is 15.0 Å². The number of hydrogen-bond donors (Lipinski definition) is 1. The lowest BCUT2D eigenvalue weighted by molar-refractivity contribution is -0.0286. The quantitative estimate of drug-likeness (QED) is 0.540. The summed E-state index contributed by atoms with van der Waals surface area (Å²) in [6, 6.07) is 8.43. The van der Waals surface area contributed by atoms with E-state index in [2.05, 4.69) is 51.2 Å². The number of nitrogens with two attached hydrogens (primary N) is 1. The lowest BCUT2D eigenvalue weighted by Gasteiger charge is -2.25. The number of ether oxygens (including phenoxy) is 1. The standard InChI is InChI=1S/C21H21N7O2/c1-21(2,16-5-3-13(4-6-16)14-7-23-20(22)24-8-14)19-26-18(30-27-19)15-9-25-28(10-15)17-11-29-12-17/h3-10,17H,11-12H2,1-2H3,(H2,22,23,24). The van der Waals surface area contributed by atoms with E-state index in [-0.39, 0.29) is 12.0 Å². The van der Waals surface area contributed by atoms with Crippen molar-refractivity contribution < 1.29 is 9.26 Å². The van der Waals surface area contributed by atoms with Gasteiger partial charge in [-0.25, -0.2) is 9.97 Å². The molecule has 1 aliphatic heterocycles. The Bertz CT molecular complexity index is 1160. The number of anilines is 1. The first kappa shape index (κ1) is 18.4. The molecule has 0 unspecified atom stereocenters. The van der Waals surface area contributed by atoms with Crippen LogP contribution >= 0.6 is 0 Å². The largest absolute Gasteiger partial charge is 0.377 e. The van der Waals surface area contributed by atoms with Crippen molar-refractivity contribution in [3.8, 4) is 22.6 Å². The molecule has 1 saturated heterocycles. The smallest absolute Gasteiger partial charge is 0.261 e. The molecule has 0 bridgehead atoms. The Labute approximate surface area is 172 Å². The van der Waals surface area contributed by atoms with Crippen molar-refractivity contribution in [1.29, 1.82) is 0 Å². The topological polar surface area (TPSA) is 118 Å². The molecule has 4 heterocycles. The molecule has 0 spiro atoms. The van der Waals surface area contributed by atoms with Crippen LogP contribution in [0.5, 0.6) is 0 Å². The van der Waals surface area contributed by atoms with Gasteiger partial charge in [0, 0.05) is 24.2 Å². The molecule has 1 aromatic carbocycles. The van der Waals surface area contributed by atoms with Crippen LogP contribution in [0, 0.1) is 0 Å². The summed E-state index contributed by atoms with van der Waals surface area (Å²) >= 11 is 0. The zero-order chi connectivity index (χ0) is 20.7. The van der Waals surface area contributed by atoms with Crippen molar-refractivity contribution in [1.82, 2.24) is 29.9 Å². The third-order valence-corrected chi connectivity index (χ3v) is 5.44. The molecule has 9 heteroatoms. The Hall–Kier alpha value is -3.59. The third kappa shape index (κ3) is 3.22. The molecule has 0 amide bonds. The van der Waals surface area contributed by atoms with E-state index in [0.717, 1.165) is 22.3 Å². The SMILES string of the molecule is CC(C)(c1ccc(-c2cnc(N)nc2)cc1)c1noc(-c2cnn(C3COC3)c2)n1. The lowest BCUT2D eigenvalue weighted by Crippen LogP contribution is -2.30. The molecule has 4 aromatic rings. The first-order valence-electron chi connectivity index (χ1n) is 9.65. The first-order chi connectivity index (χ1) is 14.5. The minimum Gasteiger partial charge on any atom is -0.377 e. The molecule has 3 aromatic heterocycles. The Kier molecular flexibility index (Phi) is 4.32. The molecule has 9 nitrogen and oxygen atoms in total. The lowest BCUT2D eigenvalue weighted by atomic mass is 9.83. The number of rotatable bonds is 5. The highest BCUT2D eigenvalue weighted by Gasteiger charge is 2.30. The number of nitrogen functional groups attached to an aromatic ring is 1. The van der Waals surface area contributed by atoms with E-state index in [1.54, 1.807) is 18.6 Å². The van der Waals surface area contributed by atoms with Crippen LogP contribution in [0.1, 0.15) is 31.3 Å². The zero-order valence-electron chi connectivity index (χ0n) is 16.7. The van der Waals surface area contributed by atoms with E-state index in [1.807, 2.05) is 23.0 Å². The van der Waals surface area contributed by atoms with E-state index in [9.17, 15) is 0 Å². The van der Waals surface area contributed by atoms with Crippen molar-refractivity contribution in [2.75, 3.05) is 18.9 Å². The van der Waals surface area contributed by atoms with Gasteiger partial charge in [0.2, 0.25) is 5.95 Å². The molecular formula is C21H21N7O2. The predicted molar refractivity (Wildman–Crippen MR) is 109 cm³/mol. The molecule has 1 fully saturated rings. The highest BCUT2D eigenvalue weighted by molar-refractivity contribution is 5.62. The highest BCUT2D eigenvalue weighted by Crippen LogP contribution is 2.32. The maximum absolute atomic E-state index is 5.56. The van der Waals surface area contributed by atoms with Crippen LogP contribution in [0.15, 0.2) is 53.6 Å². The highest BCUT2D eigenvalue weighted by atomic mass is 16.5. The summed E-state index contributed by atoms with van der Waals surface area (Å²) in [6.45, 7) is 5.50. The van der Waals surface area contributed by atoms with Gasteiger partial charge in [0.15, 0.2) is 5.82 Å². The third-order valence-electron chi connectivity index (χ3n) is 5.44. The Morgan fingerprint density at radius 2 is 1.73 bits per heavy atom. The number of benzene rings is 1. The van der Waals surface area contributed by atoms with Crippen molar-refractivity contribution in [2.24, 2.45) is 0 Å². The van der Waals surface area contributed by atoms with E-state index >= 15 is 0 Å². The minimum atomic E-state index is -0.435. The molecule has 0 radical (unpaired) electrons. The van der Waals surface area contributed by atoms with Crippen LogP contribution in [-0.2, 0) is 10.2 Å². The van der Waals surface area contributed by atoms with Gasteiger partial charge in [0.05, 0.1) is 36.4 Å². The molecule has 1 aliphatic rings. The molecule has 152 valence electrons. The van der Waals surface area contributed by atoms with Crippen LogP contribution in [0.2, 0.25) is 0 Å². The van der Waals surface area contributed by atoms with Gasteiger partial charge in [-0.2, -0.15) is 10.1 Å². The van der Waals surface area contributed by atoms with Gasteiger partial charge < -0.3 is 15.0 Å². The normalized spacial score (nSPS) is 14.6. The summed E-state index contributed by atoms with van der Waals surface area (Å²) in [5, 5.41) is 8.62. The molecule has 5 rings (SSSR count). The number of nitrogens with zero attached hydrogens (tertiary/aromatic N) is 6. The maximum atomic E-state index is 5.56. The molecule has 0 saturated carbocycles. The molecule has 0 aliphatic carbocycles. The van der Waals surface area contributed by atoms with Crippen LogP contribution < -0.4 is 5.73 Å². The summed E-state index contributed by atoms with van der Waals surface area (Å²) in [6.07, 6.45) is 7.08. The van der Waals surface area contributed by atoms with Crippen LogP contribution in [0.3, 0.4) is 0 Å². The fourth-order valence-corrected chi connectivity index (χ4v) is 3.31. The van der Waals surface area contributed by atoms with Crippen molar-refractivity contribution >= 4 is 5.95 Å². The van der Waals surface area contributed by atoms with Crippen LogP contribution in [-0.4, -0.2) is 43.1 Å². The zero-order valence-corrected chi connectivity index (χ0v) is 16.7. The van der Waals surface area contributed by atoms with E-state index in [1.165, 1.54) is 0 Å². The Morgan fingerprint density at radius 3 is 2.40 bits per heavy atom. The summed E-state index contributed by atoms with van der Waals surface area (Å²) in [7, 11) is 0. The minimum absolute atomic E-state index is 0.260. The second-order valence-electron chi connectivity index (χ2n) is 7.86. The monoisotopic (exact) mass is 403 g/mol. The van der Waals surface area contributed by atoms with Gasteiger partial charge in [-0.05, 0) is 25.0 Å². The second kappa shape index (κ2) is 7.03.